The molecule has 0 aliphatic heterocycles. The largest absolute Gasteiger partial charge is 0.420 e. The van der Waals surface area contributed by atoms with Gasteiger partial charge in [0.05, 0.1) is 0 Å². The van der Waals surface area contributed by atoms with E-state index in [4.69, 9.17) is 0 Å². The summed E-state index contributed by atoms with van der Waals surface area (Å²) in [5.74, 6) is 0. The molecule has 0 aromatic carbocycles. The number of hydrogen-bond acceptors (Lipinski definition) is 3. The fourth-order valence-corrected chi connectivity index (χ4v) is 1.04. The van der Waals surface area contributed by atoms with Crippen LogP contribution in [-0.4, -0.2) is 19.8 Å². The van der Waals surface area contributed by atoms with Gasteiger partial charge in [0.25, 0.3) is 0 Å². The molecule has 0 fully saturated rings. The molecule has 0 bridgehead atoms. The van der Waals surface area contributed by atoms with E-state index in [0.29, 0.717) is 4.52 Å². The van der Waals surface area contributed by atoms with Gasteiger partial charge in [-0.1, -0.05) is 0 Å². The number of nitrogens with one attached hydrogen (secondary N) is 1. The Morgan fingerprint density at radius 3 is 2.79 bits per heavy atom. The average molecular weight is 204 g/mol. The minimum Gasteiger partial charge on any atom is -0.244 e. The van der Waals surface area contributed by atoms with Gasteiger partial charge in [0.2, 0.25) is 0 Å². The molecule has 0 radical (unpaired) electrons. The van der Waals surface area contributed by atoms with E-state index in [1.54, 1.807) is 0 Å². The highest BCUT2D eigenvalue weighted by Crippen LogP contribution is 2.30. The van der Waals surface area contributed by atoms with Gasteiger partial charge in [-0.2, -0.15) is 27.9 Å². The fourth-order valence-electron chi connectivity index (χ4n) is 1.04. The van der Waals surface area contributed by atoms with Gasteiger partial charge in [-0.15, -0.1) is 0 Å². The first kappa shape index (κ1) is 8.73. The molecule has 0 saturated carbocycles. The summed E-state index contributed by atoms with van der Waals surface area (Å²) in [6, 6.07) is 0.760. The summed E-state index contributed by atoms with van der Waals surface area (Å²) in [4.78, 5) is 10.9. The van der Waals surface area contributed by atoms with Crippen LogP contribution in [0.1, 0.15) is 5.56 Å². The number of rotatable bonds is 0. The summed E-state index contributed by atoms with van der Waals surface area (Å²) in [6.45, 7) is 0. The molecule has 0 spiro atoms. The van der Waals surface area contributed by atoms with E-state index >= 15 is 0 Å². The molecule has 0 aliphatic carbocycles. The van der Waals surface area contributed by atoms with Crippen LogP contribution in [0.2, 0.25) is 0 Å². The summed E-state index contributed by atoms with van der Waals surface area (Å²) in [7, 11) is 0. The van der Waals surface area contributed by atoms with Crippen LogP contribution in [0, 0.1) is 0 Å². The third-order valence-corrected chi connectivity index (χ3v) is 1.62. The molecule has 5 nitrogen and oxygen atoms in total. The Hall–Kier alpha value is -1.86. The molecule has 0 atom stereocenters. The molecule has 0 aliphatic rings. The van der Waals surface area contributed by atoms with Crippen LogP contribution in [0.5, 0.6) is 0 Å². The van der Waals surface area contributed by atoms with Crippen molar-refractivity contribution in [1.82, 2.24) is 19.8 Å². The van der Waals surface area contributed by atoms with Gasteiger partial charge in [-0.3, -0.25) is 0 Å². The second-order valence-corrected chi connectivity index (χ2v) is 2.51. The second kappa shape index (κ2) is 2.56. The normalized spacial score (nSPS) is 12.2. The average Bonchev–Trinajstić information content (AvgIpc) is 2.46. The van der Waals surface area contributed by atoms with Gasteiger partial charge in [0.15, 0.2) is 5.65 Å². The molecule has 2 heterocycles. The van der Waals surface area contributed by atoms with Crippen molar-refractivity contribution in [2.75, 3.05) is 0 Å². The van der Waals surface area contributed by atoms with Crippen LogP contribution in [0.4, 0.5) is 13.2 Å². The molecule has 14 heavy (non-hydrogen) atoms. The van der Waals surface area contributed by atoms with Crippen LogP contribution in [0.25, 0.3) is 5.65 Å². The highest BCUT2D eigenvalue weighted by atomic mass is 19.4. The summed E-state index contributed by atoms with van der Waals surface area (Å²) < 4.78 is 37.5. The highest BCUT2D eigenvalue weighted by molar-refractivity contribution is 5.46. The predicted octanol–water partition coefficient (Wildman–Crippen LogP) is 0.436. The lowest BCUT2D eigenvalue weighted by Crippen LogP contribution is -2.15. The number of alkyl halides is 3. The van der Waals surface area contributed by atoms with Crippen molar-refractivity contribution in [1.29, 1.82) is 0 Å². The number of aromatic amines is 1. The first-order valence-electron chi connectivity index (χ1n) is 3.50. The first-order valence-corrected chi connectivity index (χ1v) is 3.50. The minimum atomic E-state index is -4.55. The fraction of sp³-hybridized carbons (Fsp3) is 0.167. The molecular weight excluding hydrogens is 201 g/mol. The standard InChI is InChI=1S/C6H3F3N4O/c7-6(8,9)3-1-2-10-13-4(3)11-12-5(13)14/h1-2H,(H,12,14). The van der Waals surface area contributed by atoms with Crippen LogP contribution >= 0.6 is 0 Å². The Balaban J connectivity index is 2.85. The van der Waals surface area contributed by atoms with Gasteiger partial charge in [-0.25, -0.2) is 9.89 Å². The van der Waals surface area contributed by atoms with Gasteiger partial charge < -0.3 is 0 Å². The lowest BCUT2D eigenvalue weighted by atomic mass is 10.3. The van der Waals surface area contributed by atoms with Crippen LogP contribution < -0.4 is 5.69 Å². The first-order chi connectivity index (χ1) is 6.50. The summed E-state index contributed by atoms with van der Waals surface area (Å²) in [6.07, 6.45) is -3.65. The molecular formula is C6H3F3N4O. The van der Waals surface area contributed by atoms with E-state index in [0.717, 1.165) is 12.3 Å². The SMILES string of the molecule is O=c1[nH]nc2c(C(F)(F)F)ccnn12. The van der Waals surface area contributed by atoms with E-state index in [1.807, 2.05) is 5.10 Å². The zero-order chi connectivity index (χ0) is 10.3. The van der Waals surface area contributed by atoms with Crippen LogP contribution in [0.15, 0.2) is 17.1 Å². The molecule has 2 aromatic rings. The van der Waals surface area contributed by atoms with Crippen molar-refractivity contribution >= 4 is 5.65 Å². The number of H-pyrrole nitrogens is 1. The Morgan fingerprint density at radius 2 is 2.14 bits per heavy atom. The molecule has 0 unspecified atom stereocenters. The quantitative estimate of drug-likeness (QED) is 0.677. The van der Waals surface area contributed by atoms with Gasteiger partial charge >= 0.3 is 11.9 Å². The van der Waals surface area contributed by atoms with Crippen molar-refractivity contribution in [2.45, 2.75) is 6.18 Å². The van der Waals surface area contributed by atoms with E-state index < -0.39 is 23.1 Å². The van der Waals surface area contributed by atoms with E-state index in [2.05, 4.69) is 10.2 Å². The zero-order valence-corrected chi connectivity index (χ0v) is 6.54. The second-order valence-electron chi connectivity index (χ2n) is 2.51. The number of nitrogens with zero attached hydrogens (tertiary/aromatic N) is 3. The van der Waals surface area contributed by atoms with Gasteiger partial charge in [-0.05, 0) is 6.07 Å². The smallest absolute Gasteiger partial charge is 0.244 e. The Kier molecular flexibility index (Phi) is 1.60. The van der Waals surface area contributed by atoms with Crippen molar-refractivity contribution in [3.63, 3.8) is 0 Å². The van der Waals surface area contributed by atoms with Gasteiger partial charge in [0, 0.05) is 6.20 Å². The Morgan fingerprint density at radius 1 is 1.43 bits per heavy atom. The van der Waals surface area contributed by atoms with E-state index in [9.17, 15) is 18.0 Å². The topological polar surface area (TPSA) is 63.0 Å². The highest BCUT2D eigenvalue weighted by Gasteiger charge is 2.34. The van der Waals surface area contributed by atoms with Crippen LogP contribution in [0.3, 0.4) is 0 Å². The third-order valence-electron chi connectivity index (χ3n) is 1.62. The molecule has 2 rings (SSSR count). The molecule has 74 valence electrons. The number of halogens is 3. The molecule has 1 N–H and O–H groups in total. The zero-order valence-electron chi connectivity index (χ0n) is 6.54. The Bertz CT molecular complexity index is 526. The lowest BCUT2D eigenvalue weighted by Gasteiger charge is -2.05. The number of hydrogen-bond donors (Lipinski definition) is 1. The monoisotopic (exact) mass is 204 g/mol. The maximum absolute atomic E-state index is 12.3. The predicted molar refractivity (Wildman–Crippen MR) is 38.6 cm³/mol. The number of fused-ring (bicyclic) bond motifs is 1. The third kappa shape index (κ3) is 1.15. The maximum atomic E-state index is 12.3. The maximum Gasteiger partial charge on any atom is 0.420 e. The minimum absolute atomic E-state index is 0.523. The van der Waals surface area contributed by atoms with Crippen molar-refractivity contribution in [3.8, 4) is 0 Å². The molecule has 8 heteroatoms. The van der Waals surface area contributed by atoms with E-state index in [1.165, 1.54) is 0 Å². The van der Waals surface area contributed by atoms with Crippen molar-refractivity contribution < 1.29 is 13.2 Å². The van der Waals surface area contributed by atoms with Crippen molar-refractivity contribution in [3.05, 3.63) is 28.3 Å². The number of aromatic nitrogens is 4. The molecule has 2 aromatic heterocycles. The summed E-state index contributed by atoms with van der Waals surface area (Å²) in [5, 5.41) is 8.54. The Labute approximate surface area is 74.2 Å². The van der Waals surface area contributed by atoms with Gasteiger partial charge in [0.1, 0.15) is 5.56 Å². The van der Waals surface area contributed by atoms with Crippen molar-refractivity contribution in [2.24, 2.45) is 0 Å². The van der Waals surface area contributed by atoms with Crippen LogP contribution in [-0.2, 0) is 6.18 Å². The lowest BCUT2D eigenvalue weighted by molar-refractivity contribution is -0.136. The summed E-state index contributed by atoms with van der Waals surface area (Å²) >= 11 is 0. The summed E-state index contributed by atoms with van der Waals surface area (Å²) in [5.41, 5.74) is -2.32. The molecule has 0 saturated heterocycles. The molecule has 0 amide bonds. The van der Waals surface area contributed by atoms with E-state index in [-0.39, 0.29) is 0 Å².